The molecule has 0 unspecified atom stereocenters. The van der Waals surface area contributed by atoms with E-state index in [1.807, 2.05) is 0 Å². The van der Waals surface area contributed by atoms with Gasteiger partial charge in [-0.05, 0) is 72.8 Å². The molecule has 226 valence electrons. The summed E-state index contributed by atoms with van der Waals surface area (Å²) in [5.41, 5.74) is -1.17. The van der Waals surface area contributed by atoms with Crippen molar-refractivity contribution in [2.45, 2.75) is 9.79 Å². The van der Waals surface area contributed by atoms with Gasteiger partial charge >= 0.3 is 0 Å². The van der Waals surface area contributed by atoms with Gasteiger partial charge in [0.2, 0.25) is 11.6 Å². The molecule has 0 aromatic heterocycles. The number of rotatable bonds is 9. The lowest BCUT2D eigenvalue weighted by molar-refractivity contribution is 0.0813. The van der Waals surface area contributed by atoms with Gasteiger partial charge < -0.3 is 10.2 Å². The first-order chi connectivity index (χ1) is 20.5. The number of carbonyl (C=O) groups excluding carboxylic acids is 2. The van der Waals surface area contributed by atoms with Crippen LogP contribution in [-0.2, 0) is 20.2 Å². The van der Waals surface area contributed by atoms with Gasteiger partial charge in [-0.25, -0.2) is 0 Å². The Bertz CT molecular complexity index is 1930. The van der Waals surface area contributed by atoms with Gasteiger partial charge in [0.05, 0.1) is 32.3 Å². The molecular weight excluding hydrogens is 752 g/mol. The van der Waals surface area contributed by atoms with E-state index in [2.05, 4.69) is 52.3 Å². The Labute approximate surface area is 265 Å². The Morgan fingerprint density at radius 1 is 0.545 bits per heavy atom. The van der Waals surface area contributed by atoms with Crippen molar-refractivity contribution in [3.63, 3.8) is 0 Å². The number of phenols is 2. The maximum atomic E-state index is 13.2. The molecule has 4 N–H and O–H groups in total. The van der Waals surface area contributed by atoms with Gasteiger partial charge in [0.15, 0.2) is 11.5 Å². The van der Waals surface area contributed by atoms with Gasteiger partial charge in [-0.3, -0.25) is 18.7 Å². The van der Waals surface area contributed by atoms with Crippen LogP contribution in [0.15, 0.2) is 112 Å². The third-order valence-electron chi connectivity index (χ3n) is 5.62. The number of phenolic OH excluding ortho intramolecular Hbond substituents is 2. The number of hydrogen-bond donors (Lipinski definition) is 4. The molecule has 4 aromatic carbocycles. The van der Waals surface area contributed by atoms with E-state index in [0.29, 0.717) is 0 Å². The van der Waals surface area contributed by atoms with Crippen molar-refractivity contribution < 1.29 is 45.7 Å². The van der Waals surface area contributed by atoms with Gasteiger partial charge in [0, 0.05) is 8.95 Å². The molecule has 0 saturated heterocycles. The summed E-state index contributed by atoms with van der Waals surface area (Å²) in [5.74, 6) is -3.88. The smallest absolute Gasteiger partial charge is 0.294 e. The molecular formula is C26H16Br2N4O10S2. The SMILES string of the molecule is O=C(C(=O)c1cc(Br)cc(N=Nc2ccc(S(=O)(=O)O)cc2)c1O)c1cc(Br)cc(N=Nc2ccc(S(=O)(=O)O)cc2)c1O. The number of carbonyl (C=O) groups is 2. The zero-order valence-electron chi connectivity index (χ0n) is 21.5. The summed E-state index contributed by atoms with van der Waals surface area (Å²) in [5, 5.41) is 36.9. The van der Waals surface area contributed by atoms with Crippen LogP contribution in [0.3, 0.4) is 0 Å². The van der Waals surface area contributed by atoms with Crippen LogP contribution in [-0.4, -0.2) is 47.7 Å². The fourth-order valence-corrected chi connectivity index (χ4v) is 5.36. The minimum absolute atomic E-state index is 0.135. The fraction of sp³-hybridized carbons (Fsp3) is 0. The van der Waals surface area contributed by atoms with E-state index >= 15 is 0 Å². The van der Waals surface area contributed by atoms with E-state index in [4.69, 9.17) is 9.11 Å². The number of aromatic hydroxyl groups is 2. The molecule has 0 aliphatic carbocycles. The Hall–Kier alpha value is -4.20. The maximum absolute atomic E-state index is 13.2. The standard InChI is InChI=1S/C26H16Br2N4O10S2/c27-13-9-19(23(33)21(11-13)31-29-15-1-5-17(6-2-15)43(37,38)39)25(35)26(36)20-10-14(28)12-22(24(20)34)32-30-16-3-7-18(8-4-16)44(40,41)42/h1-12,33-34H,(H,37,38,39)(H,40,41,42). The number of nitrogens with zero attached hydrogens (tertiary/aromatic N) is 4. The summed E-state index contributed by atoms with van der Waals surface area (Å²) in [6, 6.07) is 14.1. The van der Waals surface area contributed by atoms with Crippen molar-refractivity contribution in [1.82, 2.24) is 0 Å². The second-order valence-corrected chi connectivity index (χ2v) is 13.3. The number of Topliss-reactive ketones (excluding diaryl/α,β-unsaturated/α-hetero) is 2. The van der Waals surface area contributed by atoms with E-state index < -0.39 is 54.4 Å². The van der Waals surface area contributed by atoms with Crippen LogP contribution in [0.1, 0.15) is 20.7 Å². The van der Waals surface area contributed by atoms with Gasteiger partial charge in [-0.1, -0.05) is 31.9 Å². The van der Waals surface area contributed by atoms with E-state index in [-0.39, 0.29) is 41.5 Å². The van der Waals surface area contributed by atoms with Crippen molar-refractivity contribution in [3.8, 4) is 11.5 Å². The molecule has 4 aromatic rings. The molecule has 44 heavy (non-hydrogen) atoms. The number of hydrogen-bond acceptors (Lipinski definition) is 12. The Kier molecular flexibility index (Phi) is 9.52. The largest absolute Gasteiger partial charge is 0.505 e. The van der Waals surface area contributed by atoms with E-state index in [0.717, 1.165) is 36.4 Å². The first kappa shape index (κ1) is 32.7. The predicted octanol–water partition coefficient (Wildman–Crippen LogP) is 7.01. The lowest BCUT2D eigenvalue weighted by Gasteiger charge is -2.09. The second-order valence-electron chi connectivity index (χ2n) is 8.64. The van der Waals surface area contributed by atoms with Crippen LogP contribution in [0.25, 0.3) is 0 Å². The minimum Gasteiger partial charge on any atom is -0.505 e. The molecule has 0 fully saturated rings. The molecule has 0 aliphatic heterocycles. The van der Waals surface area contributed by atoms with Crippen molar-refractivity contribution in [2.75, 3.05) is 0 Å². The highest BCUT2D eigenvalue weighted by molar-refractivity contribution is 9.10. The van der Waals surface area contributed by atoms with Gasteiger partial charge in [0.25, 0.3) is 20.2 Å². The van der Waals surface area contributed by atoms with Crippen LogP contribution in [0.4, 0.5) is 22.7 Å². The lowest BCUT2D eigenvalue weighted by Crippen LogP contribution is -2.15. The van der Waals surface area contributed by atoms with Crippen LogP contribution in [0, 0.1) is 0 Å². The molecule has 0 saturated carbocycles. The molecule has 0 heterocycles. The highest BCUT2D eigenvalue weighted by atomic mass is 79.9. The predicted molar refractivity (Wildman–Crippen MR) is 161 cm³/mol. The van der Waals surface area contributed by atoms with Gasteiger partial charge in [-0.15, -0.1) is 10.2 Å². The summed E-state index contributed by atoms with van der Waals surface area (Å²) in [6.07, 6.45) is 0. The lowest BCUT2D eigenvalue weighted by atomic mass is 9.99. The molecule has 0 radical (unpaired) electrons. The zero-order chi connectivity index (χ0) is 32.4. The van der Waals surface area contributed by atoms with Crippen LogP contribution in [0.2, 0.25) is 0 Å². The van der Waals surface area contributed by atoms with Gasteiger partial charge in [-0.2, -0.15) is 27.1 Å². The number of benzene rings is 4. The Morgan fingerprint density at radius 3 is 1.16 bits per heavy atom. The summed E-state index contributed by atoms with van der Waals surface area (Å²) >= 11 is 6.34. The molecule has 0 bridgehead atoms. The van der Waals surface area contributed by atoms with Crippen LogP contribution >= 0.6 is 31.9 Å². The quantitative estimate of drug-likeness (QED) is 0.0588. The first-order valence-corrected chi connectivity index (χ1v) is 16.1. The van der Waals surface area contributed by atoms with Crippen molar-refractivity contribution in [3.05, 3.63) is 92.9 Å². The Morgan fingerprint density at radius 2 is 0.864 bits per heavy atom. The average molecular weight is 768 g/mol. The zero-order valence-corrected chi connectivity index (χ0v) is 26.3. The molecule has 0 atom stereocenters. The first-order valence-electron chi connectivity index (χ1n) is 11.7. The molecule has 0 aliphatic rings. The van der Waals surface area contributed by atoms with Crippen LogP contribution in [0.5, 0.6) is 11.5 Å². The normalized spacial score (nSPS) is 12.2. The maximum Gasteiger partial charge on any atom is 0.294 e. The molecule has 0 amide bonds. The summed E-state index contributed by atoms with van der Waals surface area (Å²) in [4.78, 5) is 25.7. The number of halogens is 2. The molecule has 14 nitrogen and oxygen atoms in total. The summed E-state index contributed by atoms with van der Waals surface area (Å²) in [6.45, 7) is 0. The molecule has 0 spiro atoms. The summed E-state index contributed by atoms with van der Waals surface area (Å²) in [7, 11) is -8.84. The fourth-order valence-electron chi connectivity index (χ4n) is 3.51. The Balaban J connectivity index is 1.63. The number of ketones is 2. The monoisotopic (exact) mass is 766 g/mol. The van der Waals surface area contributed by atoms with E-state index in [1.165, 1.54) is 36.4 Å². The third kappa shape index (κ3) is 7.65. The van der Waals surface area contributed by atoms with Crippen LogP contribution < -0.4 is 0 Å². The highest BCUT2D eigenvalue weighted by Crippen LogP contribution is 2.39. The minimum atomic E-state index is -4.42. The second kappa shape index (κ2) is 12.8. The summed E-state index contributed by atoms with van der Waals surface area (Å²) < 4.78 is 63.4. The topological polar surface area (TPSA) is 233 Å². The average Bonchev–Trinajstić information content (AvgIpc) is 2.96. The van der Waals surface area contributed by atoms with Gasteiger partial charge in [0.1, 0.15) is 11.4 Å². The van der Waals surface area contributed by atoms with Crippen molar-refractivity contribution in [2.24, 2.45) is 20.5 Å². The van der Waals surface area contributed by atoms with E-state index in [9.17, 15) is 36.6 Å². The highest BCUT2D eigenvalue weighted by Gasteiger charge is 2.27. The third-order valence-corrected chi connectivity index (χ3v) is 8.27. The van der Waals surface area contributed by atoms with E-state index in [1.54, 1.807) is 0 Å². The van der Waals surface area contributed by atoms with Crippen molar-refractivity contribution in [1.29, 1.82) is 0 Å². The number of azo groups is 2. The molecule has 18 heteroatoms. The van der Waals surface area contributed by atoms with Crippen molar-refractivity contribution >= 4 is 86.4 Å². The molecule has 4 rings (SSSR count).